The molecule has 0 aromatic carbocycles. The molecule has 0 atom stereocenters. The van der Waals surface area contributed by atoms with Crippen LogP contribution in [0.25, 0.3) is 0 Å². The minimum absolute atomic E-state index is 0.00347. The third-order valence-electron chi connectivity index (χ3n) is 0.313. The van der Waals surface area contributed by atoms with Gasteiger partial charge in [0.1, 0.15) is 13.5 Å². The molecule has 0 fully saturated rings. The second-order valence-electron chi connectivity index (χ2n) is 0.726. The van der Waals surface area contributed by atoms with Crippen molar-refractivity contribution in [2.75, 3.05) is 20.1 Å². The quantitative estimate of drug-likeness (QED) is 0.391. The summed E-state index contributed by atoms with van der Waals surface area (Å²) in [6.45, 7) is -0.916. The maximum absolute atomic E-state index is 10.9. The molecule has 0 aliphatic heterocycles. The SMILES string of the molecule is OCOCCF. The Balaban J connectivity index is 2.34. The maximum atomic E-state index is 10.9. The van der Waals surface area contributed by atoms with Crippen LogP contribution < -0.4 is 0 Å². The number of aliphatic hydroxyl groups excluding tert-OH is 1. The maximum Gasteiger partial charge on any atom is 0.143 e. The summed E-state index contributed by atoms with van der Waals surface area (Å²) >= 11 is 0. The first kappa shape index (κ1) is 5.85. The monoisotopic (exact) mass is 94.0 g/mol. The molecule has 0 radical (unpaired) electrons. The molecule has 0 bridgehead atoms. The van der Waals surface area contributed by atoms with Crippen LogP contribution in [0.3, 0.4) is 0 Å². The van der Waals surface area contributed by atoms with Crippen LogP contribution in [0.2, 0.25) is 0 Å². The Labute approximate surface area is 35.5 Å². The van der Waals surface area contributed by atoms with Crippen LogP contribution in [0.5, 0.6) is 0 Å². The third kappa shape index (κ3) is 3.85. The van der Waals surface area contributed by atoms with Crippen LogP contribution in [-0.2, 0) is 4.74 Å². The van der Waals surface area contributed by atoms with Gasteiger partial charge < -0.3 is 9.84 Å². The molecule has 6 heavy (non-hydrogen) atoms. The number of hydrogen-bond donors (Lipinski definition) is 1. The summed E-state index contributed by atoms with van der Waals surface area (Å²) in [6.07, 6.45) is 0. The lowest BCUT2D eigenvalue weighted by molar-refractivity contribution is -0.00641. The lowest BCUT2D eigenvalue weighted by Gasteiger charge is -1.89. The summed E-state index contributed by atoms with van der Waals surface area (Å²) in [5.74, 6) is 0. The van der Waals surface area contributed by atoms with E-state index in [0.29, 0.717) is 0 Å². The van der Waals surface area contributed by atoms with Gasteiger partial charge in [-0.25, -0.2) is 4.39 Å². The van der Waals surface area contributed by atoms with E-state index in [2.05, 4.69) is 4.74 Å². The Morgan fingerprint density at radius 1 is 1.67 bits per heavy atom. The van der Waals surface area contributed by atoms with Crippen molar-refractivity contribution in [3.05, 3.63) is 0 Å². The second kappa shape index (κ2) is 4.85. The summed E-state index contributed by atoms with van der Waals surface area (Å²) in [5.41, 5.74) is 0. The molecule has 3 heteroatoms. The van der Waals surface area contributed by atoms with E-state index in [1.54, 1.807) is 0 Å². The molecule has 0 rings (SSSR count). The van der Waals surface area contributed by atoms with Gasteiger partial charge >= 0.3 is 0 Å². The van der Waals surface area contributed by atoms with Gasteiger partial charge in [0.25, 0.3) is 0 Å². The highest BCUT2D eigenvalue weighted by Crippen LogP contribution is 1.69. The Hall–Kier alpha value is -0.150. The number of halogens is 1. The van der Waals surface area contributed by atoms with Crippen LogP contribution in [0.4, 0.5) is 4.39 Å². The van der Waals surface area contributed by atoms with Gasteiger partial charge in [0.15, 0.2) is 0 Å². The molecule has 0 aromatic heterocycles. The molecule has 0 aromatic rings. The van der Waals surface area contributed by atoms with Crippen molar-refractivity contribution in [3.63, 3.8) is 0 Å². The van der Waals surface area contributed by atoms with Crippen LogP contribution >= 0.6 is 0 Å². The zero-order valence-corrected chi connectivity index (χ0v) is 3.35. The lowest BCUT2D eigenvalue weighted by Crippen LogP contribution is -1.95. The molecular formula is C3H7FO2. The Morgan fingerprint density at radius 3 is 2.50 bits per heavy atom. The van der Waals surface area contributed by atoms with E-state index in [4.69, 9.17) is 5.11 Å². The van der Waals surface area contributed by atoms with Crippen LogP contribution in [0, 0.1) is 0 Å². The van der Waals surface area contributed by atoms with E-state index in [0.717, 1.165) is 0 Å². The zero-order valence-electron chi connectivity index (χ0n) is 3.35. The van der Waals surface area contributed by atoms with E-state index >= 15 is 0 Å². The molecule has 1 N–H and O–H groups in total. The van der Waals surface area contributed by atoms with Gasteiger partial charge in [-0.1, -0.05) is 0 Å². The van der Waals surface area contributed by atoms with E-state index < -0.39 is 6.67 Å². The fourth-order valence-electron chi connectivity index (χ4n) is 0.119. The van der Waals surface area contributed by atoms with Gasteiger partial charge in [0.05, 0.1) is 6.61 Å². The standard InChI is InChI=1S/C3H7FO2/c4-1-2-6-3-5/h5H,1-3H2. The minimum Gasteiger partial charge on any atom is -0.371 e. The lowest BCUT2D eigenvalue weighted by atomic mass is 10.8. The number of aliphatic hydroxyl groups is 1. The highest BCUT2D eigenvalue weighted by Gasteiger charge is 1.76. The smallest absolute Gasteiger partial charge is 0.143 e. The van der Waals surface area contributed by atoms with Crippen molar-refractivity contribution in [1.29, 1.82) is 0 Å². The Kier molecular flexibility index (Phi) is 4.73. The molecule has 2 nitrogen and oxygen atoms in total. The van der Waals surface area contributed by atoms with Crippen LogP contribution in [0.15, 0.2) is 0 Å². The first-order chi connectivity index (χ1) is 2.91. The fraction of sp³-hybridized carbons (Fsp3) is 1.00. The van der Waals surface area contributed by atoms with E-state index in [-0.39, 0.29) is 13.4 Å². The van der Waals surface area contributed by atoms with Crippen molar-refractivity contribution < 1.29 is 14.2 Å². The van der Waals surface area contributed by atoms with Gasteiger partial charge in [-0.05, 0) is 0 Å². The van der Waals surface area contributed by atoms with Gasteiger partial charge in [-0.3, -0.25) is 0 Å². The molecule has 0 saturated carbocycles. The molecule has 38 valence electrons. The van der Waals surface area contributed by atoms with Gasteiger partial charge in [0, 0.05) is 0 Å². The summed E-state index contributed by atoms with van der Waals surface area (Å²) in [6, 6.07) is 0. The van der Waals surface area contributed by atoms with Gasteiger partial charge in [-0.15, -0.1) is 0 Å². The van der Waals surface area contributed by atoms with E-state index in [9.17, 15) is 4.39 Å². The average Bonchev–Trinajstić information content (AvgIpc) is 1.61. The molecule has 0 unspecified atom stereocenters. The zero-order chi connectivity index (χ0) is 4.83. The molecule has 0 heterocycles. The highest BCUT2D eigenvalue weighted by molar-refractivity contribution is 4.15. The largest absolute Gasteiger partial charge is 0.371 e. The Morgan fingerprint density at radius 2 is 2.33 bits per heavy atom. The van der Waals surface area contributed by atoms with E-state index in [1.165, 1.54) is 0 Å². The first-order valence-electron chi connectivity index (χ1n) is 1.66. The van der Waals surface area contributed by atoms with Crippen LogP contribution in [0.1, 0.15) is 0 Å². The predicted octanol–water partition coefficient (Wildman–Crippen LogP) is -0.0777. The molecule has 0 saturated heterocycles. The van der Waals surface area contributed by atoms with E-state index in [1.807, 2.05) is 0 Å². The first-order valence-corrected chi connectivity index (χ1v) is 1.66. The number of rotatable bonds is 3. The molecular weight excluding hydrogens is 87.0 g/mol. The van der Waals surface area contributed by atoms with Gasteiger partial charge in [-0.2, -0.15) is 0 Å². The van der Waals surface area contributed by atoms with Crippen molar-refractivity contribution in [3.8, 4) is 0 Å². The minimum atomic E-state index is -0.527. The number of hydrogen-bond acceptors (Lipinski definition) is 2. The molecule has 0 spiro atoms. The topological polar surface area (TPSA) is 29.5 Å². The second-order valence-corrected chi connectivity index (χ2v) is 0.726. The summed E-state index contributed by atoms with van der Waals surface area (Å²) in [5, 5.41) is 7.81. The van der Waals surface area contributed by atoms with Crippen molar-refractivity contribution in [2.24, 2.45) is 0 Å². The Bertz CT molecular complexity index is 20.8. The van der Waals surface area contributed by atoms with Crippen molar-refractivity contribution in [2.45, 2.75) is 0 Å². The predicted molar refractivity (Wildman–Crippen MR) is 19.0 cm³/mol. The summed E-state index contributed by atoms with van der Waals surface area (Å²) < 4.78 is 15.1. The van der Waals surface area contributed by atoms with Crippen LogP contribution in [-0.4, -0.2) is 25.2 Å². The molecule has 0 amide bonds. The molecule has 0 aliphatic rings. The number of alkyl halides is 1. The fourth-order valence-corrected chi connectivity index (χ4v) is 0.119. The number of ether oxygens (including phenoxy) is 1. The molecule has 0 aliphatic carbocycles. The normalized spacial score (nSPS) is 9.00. The van der Waals surface area contributed by atoms with Gasteiger partial charge in [0.2, 0.25) is 0 Å². The summed E-state index contributed by atoms with van der Waals surface area (Å²) in [7, 11) is 0. The summed E-state index contributed by atoms with van der Waals surface area (Å²) in [4.78, 5) is 0. The van der Waals surface area contributed by atoms with Crippen molar-refractivity contribution in [1.82, 2.24) is 0 Å². The van der Waals surface area contributed by atoms with Crippen molar-refractivity contribution >= 4 is 0 Å². The third-order valence-corrected chi connectivity index (χ3v) is 0.313. The highest BCUT2D eigenvalue weighted by atomic mass is 19.1. The average molecular weight is 94.1 g/mol.